The molecule has 1 atom stereocenters. The van der Waals surface area contributed by atoms with Crippen LogP contribution in [0.5, 0.6) is 0 Å². The summed E-state index contributed by atoms with van der Waals surface area (Å²) < 4.78 is 2.17. The fourth-order valence-corrected chi connectivity index (χ4v) is 2.99. The van der Waals surface area contributed by atoms with Gasteiger partial charge in [-0.1, -0.05) is 19.3 Å². The first-order chi connectivity index (χ1) is 7.84. The van der Waals surface area contributed by atoms with E-state index >= 15 is 0 Å². The zero-order valence-electron chi connectivity index (χ0n) is 9.60. The maximum atomic E-state index is 9.72. The van der Waals surface area contributed by atoms with Crippen molar-refractivity contribution < 1.29 is 5.11 Å². The second-order valence-corrected chi connectivity index (χ2v) is 5.11. The van der Waals surface area contributed by atoms with Gasteiger partial charge in [0.1, 0.15) is 11.6 Å². The van der Waals surface area contributed by atoms with Gasteiger partial charge in [0, 0.05) is 12.3 Å². The number of hydrogen-bond acceptors (Lipinski definition) is 3. The van der Waals surface area contributed by atoms with E-state index in [0.717, 1.165) is 24.5 Å². The van der Waals surface area contributed by atoms with E-state index in [1.54, 1.807) is 0 Å². The third-order valence-electron chi connectivity index (χ3n) is 3.92. The fourth-order valence-electron chi connectivity index (χ4n) is 2.99. The average molecular weight is 221 g/mol. The molecule has 4 nitrogen and oxygen atoms in total. The quantitative estimate of drug-likeness (QED) is 0.784. The highest BCUT2D eigenvalue weighted by Gasteiger charge is 2.26. The lowest BCUT2D eigenvalue weighted by Crippen LogP contribution is -2.26. The SMILES string of the molecule is OC1CCc2nnc(C3CCCCC3)n2C1. The molecule has 0 radical (unpaired) electrons. The molecular weight excluding hydrogens is 202 g/mol. The topological polar surface area (TPSA) is 50.9 Å². The lowest BCUT2D eigenvalue weighted by Gasteiger charge is -2.25. The van der Waals surface area contributed by atoms with Crippen LogP contribution in [0.4, 0.5) is 0 Å². The molecule has 0 amide bonds. The van der Waals surface area contributed by atoms with Gasteiger partial charge in [0.2, 0.25) is 0 Å². The third kappa shape index (κ3) is 1.75. The summed E-state index contributed by atoms with van der Waals surface area (Å²) in [5.74, 6) is 2.79. The molecule has 1 aromatic heterocycles. The fraction of sp³-hybridized carbons (Fsp3) is 0.833. The molecule has 3 rings (SSSR count). The van der Waals surface area contributed by atoms with Crippen molar-refractivity contribution in [3.63, 3.8) is 0 Å². The smallest absolute Gasteiger partial charge is 0.136 e. The highest BCUT2D eigenvalue weighted by atomic mass is 16.3. The minimum atomic E-state index is -0.203. The van der Waals surface area contributed by atoms with E-state index < -0.39 is 0 Å². The Morgan fingerprint density at radius 3 is 2.69 bits per heavy atom. The van der Waals surface area contributed by atoms with Crippen molar-refractivity contribution in [3.05, 3.63) is 11.6 Å². The van der Waals surface area contributed by atoms with Crippen molar-refractivity contribution in [1.82, 2.24) is 14.8 Å². The van der Waals surface area contributed by atoms with Crippen molar-refractivity contribution in [3.8, 4) is 0 Å². The van der Waals surface area contributed by atoms with Crippen molar-refractivity contribution in [1.29, 1.82) is 0 Å². The number of hydrogen-bond donors (Lipinski definition) is 1. The van der Waals surface area contributed by atoms with E-state index in [1.165, 1.54) is 32.1 Å². The number of aliphatic hydroxyl groups is 1. The predicted octanol–water partition coefficient (Wildman–Crippen LogP) is 1.63. The molecule has 1 N–H and O–H groups in total. The Balaban J connectivity index is 1.86. The third-order valence-corrected chi connectivity index (χ3v) is 3.92. The molecule has 1 unspecified atom stereocenters. The second kappa shape index (κ2) is 4.17. The Morgan fingerprint density at radius 1 is 1.06 bits per heavy atom. The molecule has 1 fully saturated rings. The Hall–Kier alpha value is -0.900. The van der Waals surface area contributed by atoms with Crippen LogP contribution in [0.2, 0.25) is 0 Å². The van der Waals surface area contributed by atoms with Crippen LogP contribution in [0.25, 0.3) is 0 Å². The summed E-state index contributed by atoms with van der Waals surface area (Å²) in [5, 5.41) is 18.3. The van der Waals surface area contributed by atoms with Crippen LogP contribution in [-0.2, 0) is 13.0 Å². The maximum absolute atomic E-state index is 9.72. The van der Waals surface area contributed by atoms with Crippen molar-refractivity contribution in [2.24, 2.45) is 0 Å². The van der Waals surface area contributed by atoms with E-state index in [4.69, 9.17) is 0 Å². The van der Waals surface area contributed by atoms with Crippen molar-refractivity contribution >= 4 is 0 Å². The maximum Gasteiger partial charge on any atom is 0.136 e. The first-order valence-electron chi connectivity index (χ1n) is 6.44. The van der Waals surface area contributed by atoms with Crippen LogP contribution >= 0.6 is 0 Å². The molecule has 2 aliphatic rings. The van der Waals surface area contributed by atoms with E-state index in [9.17, 15) is 5.11 Å². The molecule has 0 bridgehead atoms. The first kappa shape index (κ1) is 10.3. The summed E-state index contributed by atoms with van der Waals surface area (Å²) in [7, 11) is 0. The van der Waals surface area contributed by atoms with E-state index in [1.807, 2.05) is 0 Å². The zero-order chi connectivity index (χ0) is 11.0. The summed E-state index contributed by atoms with van der Waals surface area (Å²) >= 11 is 0. The molecular formula is C12H19N3O. The Morgan fingerprint density at radius 2 is 1.88 bits per heavy atom. The molecule has 0 saturated heterocycles. The molecule has 1 aromatic rings. The molecule has 1 saturated carbocycles. The van der Waals surface area contributed by atoms with E-state index in [0.29, 0.717) is 12.5 Å². The average Bonchev–Trinajstić information content (AvgIpc) is 2.73. The van der Waals surface area contributed by atoms with Gasteiger partial charge in [-0.05, 0) is 19.3 Å². The highest BCUT2D eigenvalue weighted by Crippen LogP contribution is 2.32. The van der Waals surface area contributed by atoms with Gasteiger partial charge >= 0.3 is 0 Å². The van der Waals surface area contributed by atoms with Crippen LogP contribution in [0.3, 0.4) is 0 Å². The van der Waals surface area contributed by atoms with Crippen LogP contribution in [-0.4, -0.2) is 26.0 Å². The summed E-state index contributed by atoms with van der Waals surface area (Å²) in [6.07, 6.45) is 7.99. The van der Waals surface area contributed by atoms with Crippen LogP contribution in [0.1, 0.15) is 56.1 Å². The molecule has 1 aliphatic heterocycles. The van der Waals surface area contributed by atoms with Gasteiger partial charge < -0.3 is 9.67 Å². The first-order valence-corrected chi connectivity index (χ1v) is 6.44. The monoisotopic (exact) mass is 221 g/mol. The highest BCUT2D eigenvalue weighted by molar-refractivity contribution is 5.06. The molecule has 0 aromatic carbocycles. The Labute approximate surface area is 95.7 Å². The summed E-state index contributed by atoms with van der Waals surface area (Å²) in [4.78, 5) is 0. The second-order valence-electron chi connectivity index (χ2n) is 5.11. The van der Waals surface area contributed by atoms with Gasteiger partial charge in [-0.15, -0.1) is 10.2 Å². The molecule has 2 heterocycles. The number of aliphatic hydroxyl groups excluding tert-OH is 1. The number of aromatic nitrogens is 3. The summed E-state index contributed by atoms with van der Waals surface area (Å²) in [6, 6.07) is 0. The lowest BCUT2D eigenvalue weighted by molar-refractivity contribution is 0.128. The van der Waals surface area contributed by atoms with Crippen LogP contribution < -0.4 is 0 Å². The predicted molar refractivity (Wildman–Crippen MR) is 60.2 cm³/mol. The number of fused-ring (bicyclic) bond motifs is 1. The van der Waals surface area contributed by atoms with E-state index in [2.05, 4.69) is 14.8 Å². The molecule has 16 heavy (non-hydrogen) atoms. The summed E-state index contributed by atoms with van der Waals surface area (Å²) in [6.45, 7) is 0.703. The standard InChI is InChI=1S/C12H19N3O/c16-10-6-7-11-13-14-12(15(11)8-10)9-4-2-1-3-5-9/h9-10,16H,1-8H2. The number of rotatable bonds is 1. The zero-order valence-corrected chi connectivity index (χ0v) is 9.60. The van der Waals surface area contributed by atoms with Crippen molar-refractivity contribution in [2.45, 2.75) is 63.5 Å². The van der Waals surface area contributed by atoms with Gasteiger partial charge in [-0.2, -0.15) is 0 Å². The van der Waals surface area contributed by atoms with Gasteiger partial charge in [-0.3, -0.25) is 0 Å². The van der Waals surface area contributed by atoms with Gasteiger partial charge in [0.25, 0.3) is 0 Å². The minimum absolute atomic E-state index is 0.203. The summed E-state index contributed by atoms with van der Waals surface area (Å²) in [5.41, 5.74) is 0. The lowest BCUT2D eigenvalue weighted by atomic mass is 9.88. The molecule has 88 valence electrons. The van der Waals surface area contributed by atoms with Gasteiger partial charge in [-0.25, -0.2) is 0 Å². The Bertz CT molecular complexity index is 368. The van der Waals surface area contributed by atoms with Gasteiger partial charge in [0.05, 0.1) is 12.6 Å². The molecule has 4 heteroatoms. The molecule has 1 aliphatic carbocycles. The van der Waals surface area contributed by atoms with Crippen LogP contribution in [0, 0.1) is 0 Å². The number of aryl methyl sites for hydroxylation is 1. The normalized spacial score (nSPS) is 26.7. The van der Waals surface area contributed by atoms with Crippen LogP contribution in [0.15, 0.2) is 0 Å². The molecule has 0 spiro atoms. The Kier molecular flexibility index (Phi) is 2.67. The largest absolute Gasteiger partial charge is 0.391 e. The van der Waals surface area contributed by atoms with Gasteiger partial charge in [0.15, 0.2) is 0 Å². The minimum Gasteiger partial charge on any atom is -0.391 e. The van der Waals surface area contributed by atoms with E-state index in [-0.39, 0.29) is 6.10 Å². The number of nitrogens with zero attached hydrogens (tertiary/aromatic N) is 3. The van der Waals surface area contributed by atoms with Crippen molar-refractivity contribution in [2.75, 3.05) is 0 Å².